The van der Waals surface area contributed by atoms with E-state index in [1.165, 1.54) is 37.8 Å². The topological polar surface area (TPSA) is 78.5 Å². The minimum absolute atomic E-state index is 0.0198. The molecule has 3 saturated carbocycles. The number of rotatable bonds is 8. The SMILES string of the molecule is CN1C[C@H]2CC[C@@H]1C(C(=O)N[C@H](Cc1ccc(F)cc1)C(=O)C1CCC(C(=O)NC(C)(C)C)(C3CCCCC3)CC1)C2. The fourth-order valence-corrected chi connectivity index (χ4v) is 8.76. The summed E-state index contributed by atoms with van der Waals surface area (Å²) in [6, 6.07) is 5.84. The fourth-order valence-electron chi connectivity index (χ4n) is 8.76. The van der Waals surface area contributed by atoms with Gasteiger partial charge in [0, 0.05) is 24.0 Å². The third kappa shape index (κ3) is 6.92. The number of carbonyl (C=O) groups is 3. The van der Waals surface area contributed by atoms with Gasteiger partial charge in [0.15, 0.2) is 5.78 Å². The Balaban J connectivity index is 1.32. The van der Waals surface area contributed by atoms with Crippen LogP contribution in [0, 0.1) is 34.9 Å². The first-order valence-corrected chi connectivity index (χ1v) is 16.6. The van der Waals surface area contributed by atoms with Gasteiger partial charge in [-0.1, -0.05) is 31.4 Å². The predicted molar refractivity (Wildman–Crippen MR) is 163 cm³/mol. The van der Waals surface area contributed by atoms with Gasteiger partial charge in [0.2, 0.25) is 11.8 Å². The summed E-state index contributed by atoms with van der Waals surface area (Å²) in [5, 5.41) is 6.50. The highest BCUT2D eigenvalue weighted by molar-refractivity contribution is 5.92. The van der Waals surface area contributed by atoms with Gasteiger partial charge in [-0.25, -0.2) is 4.39 Å². The van der Waals surface area contributed by atoms with Gasteiger partial charge in [-0.05, 0) is 122 Å². The Morgan fingerprint density at radius 2 is 1.64 bits per heavy atom. The summed E-state index contributed by atoms with van der Waals surface area (Å²) < 4.78 is 13.7. The summed E-state index contributed by atoms with van der Waals surface area (Å²) >= 11 is 0. The number of amides is 2. The molecule has 1 aromatic rings. The van der Waals surface area contributed by atoms with Crippen molar-refractivity contribution in [3.63, 3.8) is 0 Å². The predicted octanol–water partition coefficient (Wildman–Crippen LogP) is 5.82. The molecule has 5 fully saturated rings. The summed E-state index contributed by atoms with van der Waals surface area (Å²) in [7, 11) is 2.10. The summed E-state index contributed by atoms with van der Waals surface area (Å²) in [6.45, 7) is 7.15. The molecule has 6 rings (SSSR count). The number of Topliss-reactive ketones (excluding diaryl/α,β-unsaturated/α-hetero) is 1. The van der Waals surface area contributed by atoms with E-state index in [1.807, 2.05) is 20.8 Å². The number of nitrogens with zero attached hydrogens (tertiary/aromatic N) is 1. The fraction of sp³-hybridized carbons (Fsp3) is 0.743. The van der Waals surface area contributed by atoms with E-state index in [2.05, 4.69) is 22.6 Å². The Kier molecular flexibility index (Phi) is 9.46. The smallest absolute Gasteiger partial charge is 0.226 e. The lowest BCUT2D eigenvalue weighted by Crippen LogP contribution is -2.58. The van der Waals surface area contributed by atoms with Crippen LogP contribution in [0.15, 0.2) is 24.3 Å². The van der Waals surface area contributed by atoms with Crippen molar-refractivity contribution in [1.82, 2.24) is 15.5 Å². The van der Waals surface area contributed by atoms with Gasteiger partial charge in [-0.2, -0.15) is 0 Å². The van der Waals surface area contributed by atoms with Crippen LogP contribution >= 0.6 is 0 Å². The number of fused-ring (bicyclic) bond motifs is 3. The van der Waals surface area contributed by atoms with Crippen LogP contribution in [0.25, 0.3) is 0 Å². The van der Waals surface area contributed by atoms with Crippen molar-refractivity contribution in [2.24, 2.45) is 29.1 Å². The van der Waals surface area contributed by atoms with Gasteiger partial charge in [-0.3, -0.25) is 14.4 Å². The first-order chi connectivity index (χ1) is 19.9. The lowest BCUT2D eigenvalue weighted by molar-refractivity contribution is -0.143. The van der Waals surface area contributed by atoms with E-state index in [-0.39, 0.29) is 46.8 Å². The lowest BCUT2D eigenvalue weighted by Gasteiger charge is -2.48. The zero-order chi connectivity index (χ0) is 30.1. The van der Waals surface area contributed by atoms with Gasteiger partial charge >= 0.3 is 0 Å². The first kappa shape index (κ1) is 31.2. The van der Waals surface area contributed by atoms with Crippen molar-refractivity contribution in [2.75, 3.05) is 13.6 Å². The number of hydrogen-bond donors (Lipinski definition) is 2. The van der Waals surface area contributed by atoms with Crippen LogP contribution in [0.1, 0.15) is 103 Å². The quantitative estimate of drug-likeness (QED) is 0.405. The van der Waals surface area contributed by atoms with E-state index in [1.54, 1.807) is 12.1 Å². The maximum Gasteiger partial charge on any atom is 0.226 e. The van der Waals surface area contributed by atoms with Crippen LogP contribution in [0.3, 0.4) is 0 Å². The molecule has 4 atom stereocenters. The molecule has 2 heterocycles. The highest BCUT2D eigenvalue weighted by atomic mass is 19.1. The van der Waals surface area contributed by atoms with Gasteiger partial charge in [-0.15, -0.1) is 0 Å². The standard InChI is InChI=1S/C35H52FN3O3/c1-34(2,3)38-33(42)35(26-8-6-5-7-9-26)18-16-25(17-19-35)31(40)29(21-23-10-13-27(36)14-11-23)37-32(41)28-20-24-12-15-30(28)39(4)22-24/h10-11,13-14,24-26,28-30H,5-9,12,15-22H2,1-4H3,(H,37,41)(H,38,42)/t24-,25?,28?,29+,30+,35?/m0/s1. The highest BCUT2D eigenvalue weighted by Crippen LogP contribution is 2.50. The molecule has 42 heavy (non-hydrogen) atoms. The summed E-state index contributed by atoms with van der Waals surface area (Å²) in [5.41, 5.74) is 0.114. The van der Waals surface area contributed by atoms with E-state index >= 15 is 0 Å². The molecule has 5 aliphatic rings. The van der Waals surface area contributed by atoms with Crippen LogP contribution in [-0.2, 0) is 20.8 Å². The number of nitrogens with one attached hydrogen (secondary N) is 2. The van der Waals surface area contributed by atoms with Crippen LogP contribution in [0.4, 0.5) is 4.39 Å². The number of halogens is 1. The van der Waals surface area contributed by atoms with Crippen molar-refractivity contribution in [3.05, 3.63) is 35.6 Å². The van der Waals surface area contributed by atoms with E-state index < -0.39 is 11.5 Å². The Morgan fingerprint density at radius 1 is 0.976 bits per heavy atom. The second-order valence-electron chi connectivity index (χ2n) is 15.1. The van der Waals surface area contributed by atoms with Crippen molar-refractivity contribution in [1.29, 1.82) is 0 Å². The molecule has 2 amide bonds. The third-order valence-electron chi connectivity index (χ3n) is 11.0. The van der Waals surface area contributed by atoms with Crippen molar-refractivity contribution >= 4 is 17.6 Å². The summed E-state index contributed by atoms with van der Waals surface area (Å²) in [5.74, 6) is 0.486. The molecular weight excluding hydrogens is 529 g/mol. The Hall–Kier alpha value is -2.28. The van der Waals surface area contributed by atoms with E-state index in [0.717, 1.165) is 37.8 Å². The van der Waals surface area contributed by atoms with Gasteiger partial charge in [0.1, 0.15) is 5.82 Å². The average Bonchev–Trinajstić information content (AvgIpc) is 2.97. The minimum atomic E-state index is -0.649. The zero-order valence-electron chi connectivity index (χ0n) is 26.2. The monoisotopic (exact) mass is 581 g/mol. The molecule has 1 aromatic carbocycles. The second kappa shape index (κ2) is 12.8. The molecule has 2 saturated heterocycles. The van der Waals surface area contributed by atoms with Crippen LogP contribution in [-0.4, -0.2) is 53.7 Å². The largest absolute Gasteiger partial charge is 0.351 e. The Bertz CT molecular complexity index is 1120. The molecule has 0 radical (unpaired) electrons. The molecule has 7 heteroatoms. The van der Waals surface area contributed by atoms with Crippen LogP contribution in [0.2, 0.25) is 0 Å². The number of piperidine rings is 2. The second-order valence-corrected chi connectivity index (χ2v) is 15.1. The van der Waals surface area contributed by atoms with Gasteiger partial charge in [0.25, 0.3) is 0 Å². The lowest BCUT2D eigenvalue weighted by atomic mass is 9.58. The minimum Gasteiger partial charge on any atom is -0.351 e. The Labute approximate surface area is 252 Å². The van der Waals surface area contributed by atoms with E-state index in [0.29, 0.717) is 43.9 Å². The zero-order valence-corrected chi connectivity index (χ0v) is 26.2. The molecule has 1 unspecified atom stereocenters. The molecule has 2 N–H and O–H groups in total. The molecular formula is C35H52FN3O3. The van der Waals surface area contributed by atoms with Crippen molar-refractivity contribution < 1.29 is 18.8 Å². The maximum atomic E-state index is 14.2. The normalized spacial score (nSPS) is 31.4. The Morgan fingerprint density at radius 3 is 2.24 bits per heavy atom. The summed E-state index contributed by atoms with van der Waals surface area (Å²) in [6.07, 6.45) is 11.9. The molecule has 2 aliphatic heterocycles. The maximum absolute atomic E-state index is 14.2. The van der Waals surface area contributed by atoms with E-state index in [4.69, 9.17) is 0 Å². The number of hydrogen-bond acceptors (Lipinski definition) is 4. The van der Waals surface area contributed by atoms with E-state index in [9.17, 15) is 18.8 Å². The molecule has 232 valence electrons. The average molecular weight is 582 g/mol. The first-order valence-electron chi connectivity index (χ1n) is 16.6. The number of benzene rings is 1. The molecule has 0 aromatic heterocycles. The summed E-state index contributed by atoms with van der Waals surface area (Å²) in [4.78, 5) is 44.1. The molecule has 3 aliphatic carbocycles. The van der Waals surface area contributed by atoms with Crippen LogP contribution in [0.5, 0.6) is 0 Å². The number of ketones is 1. The third-order valence-corrected chi connectivity index (χ3v) is 11.0. The molecule has 2 bridgehead atoms. The van der Waals surface area contributed by atoms with Crippen molar-refractivity contribution in [2.45, 2.75) is 122 Å². The number of carbonyl (C=O) groups excluding carboxylic acids is 3. The van der Waals surface area contributed by atoms with Gasteiger partial charge in [0.05, 0.1) is 17.4 Å². The molecule has 6 nitrogen and oxygen atoms in total. The molecule has 0 spiro atoms. The highest BCUT2D eigenvalue weighted by Gasteiger charge is 2.50. The van der Waals surface area contributed by atoms with Gasteiger partial charge < -0.3 is 15.5 Å². The van der Waals surface area contributed by atoms with Crippen LogP contribution < -0.4 is 10.6 Å². The van der Waals surface area contributed by atoms with Crippen molar-refractivity contribution in [3.8, 4) is 0 Å².